The lowest BCUT2D eigenvalue weighted by Crippen LogP contribution is -2.19. The molecule has 0 aliphatic carbocycles. The molecule has 0 fully saturated rings. The van der Waals surface area contributed by atoms with Gasteiger partial charge in [-0.25, -0.2) is 0 Å². The normalized spacial score (nSPS) is 12.7. The molecule has 0 saturated carbocycles. The molecule has 0 aliphatic heterocycles. The smallest absolute Gasteiger partial charge is 0.0928 e. The summed E-state index contributed by atoms with van der Waals surface area (Å²) < 4.78 is 3.95. The Morgan fingerprint density at radius 1 is 1.16 bits per heavy atom. The maximum Gasteiger partial charge on any atom is 0.0928 e. The van der Waals surface area contributed by atoms with Gasteiger partial charge in [0.05, 0.1) is 11.7 Å². The molecule has 1 unspecified atom stereocenters. The van der Waals surface area contributed by atoms with E-state index in [1.54, 1.807) is 0 Å². The van der Waals surface area contributed by atoms with E-state index in [2.05, 4.69) is 57.4 Å². The fraction of sp³-hybridized carbons (Fsp3) is 0.200. The zero-order valence-electron chi connectivity index (χ0n) is 10.7. The number of likely N-dealkylation sites (N-methyl/N-ethyl adjacent to an activating group) is 1. The Labute approximate surface area is 116 Å². The highest BCUT2D eigenvalue weighted by molar-refractivity contribution is 7.03. The van der Waals surface area contributed by atoms with E-state index in [0.29, 0.717) is 0 Å². The summed E-state index contributed by atoms with van der Waals surface area (Å²) in [6.45, 7) is 0. The van der Waals surface area contributed by atoms with E-state index in [-0.39, 0.29) is 6.04 Å². The van der Waals surface area contributed by atoms with E-state index >= 15 is 0 Å². The van der Waals surface area contributed by atoms with Crippen molar-refractivity contribution in [2.75, 3.05) is 7.05 Å². The molecule has 1 heterocycles. The van der Waals surface area contributed by atoms with Gasteiger partial charge >= 0.3 is 0 Å². The molecule has 1 N–H and O–H groups in total. The predicted molar refractivity (Wildman–Crippen MR) is 79.4 cm³/mol. The zero-order chi connectivity index (χ0) is 13.1. The van der Waals surface area contributed by atoms with E-state index in [4.69, 9.17) is 0 Å². The molecular weight excluding hydrogens is 254 g/mol. The molecule has 1 aromatic heterocycles. The largest absolute Gasteiger partial charge is 0.311 e. The summed E-state index contributed by atoms with van der Waals surface area (Å²) >= 11 is 1.40. The predicted octanol–water partition coefficient (Wildman–Crippen LogP) is 3.19. The van der Waals surface area contributed by atoms with Crippen molar-refractivity contribution in [3.05, 3.63) is 59.1 Å². The molecule has 3 rings (SSSR count). The monoisotopic (exact) mass is 269 g/mol. The minimum Gasteiger partial charge on any atom is -0.311 e. The first-order valence-electron chi connectivity index (χ1n) is 6.29. The van der Waals surface area contributed by atoms with Crippen molar-refractivity contribution >= 4 is 22.3 Å². The first-order valence-corrected chi connectivity index (χ1v) is 7.13. The Bertz CT molecular complexity index is 659. The average molecular weight is 269 g/mol. The fourth-order valence-corrected chi connectivity index (χ4v) is 2.88. The Kier molecular flexibility index (Phi) is 3.53. The first-order chi connectivity index (χ1) is 9.38. The zero-order valence-corrected chi connectivity index (χ0v) is 11.5. The highest BCUT2D eigenvalue weighted by Crippen LogP contribution is 2.24. The minimum absolute atomic E-state index is 0.213. The summed E-state index contributed by atoms with van der Waals surface area (Å²) in [4.78, 5) is 0. The van der Waals surface area contributed by atoms with E-state index in [1.807, 2.05) is 12.4 Å². The van der Waals surface area contributed by atoms with Crippen LogP contribution in [-0.4, -0.2) is 16.6 Å². The van der Waals surface area contributed by atoms with Gasteiger partial charge < -0.3 is 5.32 Å². The van der Waals surface area contributed by atoms with Gasteiger partial charge in [-0.2, -0.15) is 0 Å². The van der Waals surface area contributed by atoms with Gasteiger partial charge in [-0.05, 0) is 41.3 Å². The third-order valence-corrected chi connectivity index (χ3v) is 3.91. The number of fused-ring (bicyclic) bond motifs is 1. The van der Waals surface area contributed by atoms with Crippen molar-refractivity contribution in [2.45, 2.75) is 12.5 Å². The molecule has 2 aromatic carbocycles. The van der Waals surface area contributed by atoms with Crippen molar-refractivity contribution in [3.8, 4) is 0 Å². The van der Waals surface area contributed by atoms with Crippen LogP contribution in [0, 0.1) is 0 Å². The second-order valence-electron chi connectivity index (χ2n) is 4.51. The number of hydrogen-bond donors (Lipinski definition) is 1. The van der Waals surface area contributed by atoms with E-state index in [9.17, 15) is 0 Å². The molecular formula is C15H15N3S. The van der Waals surface area contributed by atoms with Crippen LogP contribution in [0.15, 0.2) is 47.8 Å². The summed E-state index contributed by atoms with van der Waals surface area (Å²) in [6.07, 6.45) is 0.920. The minimum atomic E-state index is 0.213. The number of aromatic nitrogens is 2. The van der Waals surface area contributed by atoms with Crippen LogP contribution in [0.2, 0.25) is 0 Å². The van der Waals surface area contributed by atoms with E-state index in [1.165, 1.54) is 27.9 Å². The number of nitrogens with zero attached hydrogens (tertiary/aromatic N) is 2. The Balaban J connectivity index is 1.96. The lowest BCUT2D eigenvalue weighted by atomic mass is 9.98. The fourth-order valence-electron chi connectivity index (χ4n) is 2.37. The lowest BCUT2D eigenvalue weighted by molar-refractivity contribution is 0.576. The molecule has 4 heteroatoms. The molecule has 19 heavy (non-hydrogen) atoms. The molecule has 0 radical (unpaired) electrons. The van der Waals surface area contributed by atoms with Crippen LogP contribution in [-0.2, 0) is 6.42 Å². The van der Waals surface area contributed by atoms with Crippen molar-refractivity contribution in [1.29, 1.82) is 0 Å². The molecule has 96 valence electrons. The molecule has 0 aliphatic rings. The number of nitrogens with one attached hydrogen (secondary N) is 1. The van der Waals surface area contributed by atoms with Crippen LogP contribution in [0.4, 0.5) is 0 Å². The van der Waals surface area contributed by atoms with Gasteiger partial charge in [0.15, 0.2) is 0 Å². The second-order valence-corrected chi connectivity index (χ2v) is 5.12. The molecule has 0 saturated heterocycles. The van der Waals surface area contributed by atoms with E-state index < -0.39 is 0 Å². The molecule has 0 spiro atoms. The van der Waals surface area contributed by atoms with Crippen molar-refractivity contribution in [1.82, 2.24) is 14.9 Å². The van der Waals surface area contributed by atoms with Gasteiger partial charge in [0.2, 0.25) is 0 Å². The molecule has 3 nitrogen and oxygen atoms in total. The van der Waals surface area contributed by atoms with Gasteiger partial charge in [-0.15, -0.1) is 5.10 Å². The topological polar surface area (TPSA) is 37.8 Å². The number of hydrogen-bond acceptors (Lipinski definition) is 4. The van der Waals surface area contributed by atoms with Crippen LogP contribution >= 0.6 is 11.5 Å². The number of benzene rings is 2. The van der Waals surface area contributed by atoms with Crippen LogP contribution in [0.5, 0.6) is 0 Å². The Morgan fingerprint density at radius 2 is 2.00 bits per heavy atom. The average Bonchev–Trinajstić information content (AvgIpc) is 2.99. The van der Waals surface area contributed by atoms with E-state index in [0.717, 1.165) is 12.1 Å². The van der Waals surface area contributed by atoms with Crippen LogP contribution in [0.25, 0.3) is 10.8 Å². The maximum absolute atomic E-state index is 4.17. The second kappa shape index (κ2) is 5.47. The molecule has 0 bridgehead atoms. The maximum atomic E-state index is 4.17. The highest BCUT2D eigenvalue weighted by Gasteiger charge is 2.14. The summed E-state index contributed by atoms with van der Waals surface area (Å²) in [5.41, 5.74) is 2.35. The third kappa shape index (κ3) is 2.50. The SMILES string of the molecule is CNC(Cc1cccc2ccccc12)c1csnn1. The summed E-state index contributed by atoms with van der Waals surface area (Å²) in [7, 11) is 1.97. The van der Waals surface area contributed by atoms with Crippen LogP contribution in [0.1, 0.15) is 17.3 Å². The first kappa shape index (κ1) is 12.3. The number of rotatable bonds is 4. The summed E-state index contributed by atoms with van der Waals surface area (Å²) in [5.74, 6) is 0. The van der Waals surface area contributed by atoms with Gasteiger partial charge in [-0.1, -0.05) is 47.0 Å². The van der Waals surface area contributed by atoms with Gasteiger partial charge in [0.25, 0.3) is 0 Å². The van der Waals surface area contributed by atoms with Gasteiger partial charge in [0, 0.05) is 5.38 Å². The lowest BCUT2D eigenvalue weighted by Gasteiger charge is -2.15. The Hall–Kier alpha value is -1.78. The standard InChI is InChI=1S/C15H15N3S/c1-16-14(15-10-19-18-17-15)9-12-7-4-6-11-5-2-3-8-13(11)12/h2-8,10,14,16H,9H2,1H3. The summed E-state index contributed by atoms with van der Waals surface area (Å²) in [6, 6.07) is 15.2. The highest BCUT2D eigenvalue weighted by atomic mass is 32.1. The third-order valence-electron chi connectivity index (χ3n) is 3.39. The van der Waals surface area contributed by atoms with Crippen molar-refractivity contribution in [3.63, 3.8) is 0 Å². The van der Waals surface area contributed by atoms with Crippen LogP contribution in [0.3, 0.4) is 0 Å². The van der Waals surface area contributed by atoms with Gasteiger partial charge in [0.1, 0.15) is 0 Å². The van der Waals surface area contributed by atoms with Crippen molar-refractivity contribution < 1.29 is 0 Å². The van der Waals surface area contributed by atoms with Crippen molar-refractivity contribution in [2.24, 2.45) is 0 Å². The molecule has 0 amide bonds. The van der Waals surface area contributed by atoms with Crippen LogP contribution < -0.4 is 5.32 Å². The molecule has 3 aromatic rings. The molecule has 1 atom stereocenters. The summed E-state index contributed by atoms with van der Waals surface area (Å²) in [5, 5.41) is 12.1. The van der Waals surface area contributed by atoms with Gasteiger partial charge in [-0.3, -0.25) is 0 Å². The Morgan fingerprint density at radius 3 is 2.79 bits per heavy atom. The quantitative estimate of drug-likeness (QED) is 0.790.